The summed E-state index contributed by atoms with van der Waals surface area (Å²) in [7, 11) is 0. The molecule has 0 atom stereocenters. The molecule has 1 aromatic carbocycles. The van der Waals surface area contributed by atoms with E-state index in [9.17, 15) is 4.79 Å². The molecule has 0 spiro atoms. The van der Waals surface area contributed by atoms with Gasteiger partial charge in [-0.15, -0.1) is 0 Å². The third-order valence-corrected chi connectivity index (χ3v) is 3.03. The van der Waals surface area contributed by atoms with Crippen LogP contribution in [0.3, 0.4) is 0 Å². The van der Waals surface area contributed by atoms with Crippen molar-refractivity contribution < 1.29 is 4.79 Å². The Bertz CT molecular complexity index is 626. The van der Waals surface area contributed by atoms with Gasteiger partial charge in [-0.05, 0) is 18.2 Å². The quantitative estimate of drug-likeness (QED) is 0.835. The molecule has 0 saturated heterocycles. The van der Waals surface area contributed by atoms with Crippen molar-refractivity contribution in [2.24, 2.45) is 5.73 Å². The van der Waals surface area contributed by atoms with Crippen molar-refractivity contribution in [3.63, 3.8) is 0 Å². The molecular weight excluding hydrogens is 328 g/mol. The number of aromatic nitrogens is 2. The zero-order valence-corrected chi connectivity index (χ0v) is 12.2. The second-order valence-corrected chi connectivity index (χ2v) is 5.16. The van der Waals surface area contributed by atoms with Crippen LogP contribution in [0.15, 0.2) is 41.1 Å². The van der Waals surface area contributed by atoms with E-state index in [2.05, 4.69) is 26.2 Å². The highest BCUT2D eigenvalue weighted by Gasteiger charge is 2.09. The van der Waals surface area contributed by atoms with Crippen LogP contribution in [0.25, 0.3) is 0 Å². The van der Waals surface area contributed by atoms with Gasteiger partial charge in [0, 0.05) is 22.6 Å². The number of nitrogens with zero attached hydrogens (tertiary/aromatic N) is 2. The summed E-state index contributed by atoms with van der Waals surface area (Å²) in [4.78, 5) is 16.1. The van der Waals surface area contributed by atoms with Gasteiger partial charge in [0.25, 0.3) is 0 Å². The second-order valence-electron chi connectivity index (χ2n) is 3.80. The van der Waals surface area contributed by atoms with Crippen molar-refractivity contribution in [3.8, 4) is 0 Å². The standard InChI is InChI=1S/C12H11BrN4OS/c13-8-2-1-3-9(6-8)16-10(18)7-17-5-4-15-12(17)11(14)19/h1-6H,7H2,(H2,14,19)(H,16,18). The zero-order valence-electron chi connectivity index (χ0n) is 9.84. The zero-order chi connectivity index (χ0) is 13.8. The molecule has 0 aliphatic rings. The van der Waals surface area contributed by atoms with E-state index in [1.807, 2.05) is 24.3 Å². The second kappa shape index (κ2) is 5.94. The number of amides is 1. The number of halogens is 1. The van der Waals surface area contributed by atoms with Crippen LogP contribution in [0.1, 0.15) is 5.82 Å². The Kier molecular flexibility index (Phi) is 4.28. The number of imidazole rings is 1. The fraction of sp³-hybridized carbons (Fsp3) is 0.0833. The van der Waals surface area contributed by atoms with E-state index in [0.717, 1.165) is 10.2 Å². The first-order chi connectivity index (χ1) is 9.06. The van der Waals surface area contributed by atoms with E-state index in [0.29, 0.717) is 5.82 Å². The highest BCUT2D eigenvalue weighted by Crippen LogP contribution is 2.15. The Morgan fingerprint density at radius 3 is 3.00 bits per heavy atom. The lowest BCUT2D eigenvalue weighted by Crippen LogP contribution is -2.23. The van der Waals surface area contributed by atoms with Crippen molar-refractivity contribution in [2.45, 2.75) is 6.54 Å². The normalized spacial score (nSPS) is 10.2. The molecule has 2 rings (SSSR count). The Labute approximate surface area is 123 Å². The molecule has 0 saturated carbocycles. The third kappa shape index (κ3) is 3.62. The number of rotatable bonds is 4. The van der Waals surface area contributed by atoms with Crippen LogP contribution in [-0.4, -0.2) is 20.4 Å². The molecule has 19 heavy (non-hydrogen) atoms. The largest absolute Gasteiger partial charge is 0.387 e. The van der Waals surface area contributed by atoms with Crippen molar-refractivity contribution >= 4 is 44.7 Å². The molecule has 1 aromatic heterocycles. The van der Waals surface area contributed by atoms with Crippen LogP contribution < -0.4 is 11.1 Å². The highest BCUT2D eigenvalue weighted by atomic mass is 79.9. The number of carbonyl (C=O) groups is 1. The van der Waals surface area contributed by atoms with E-state index >= 15 is 0 Å². The van der Waals surface area contributed by atoms with Crippen molar-refractivity contribution in [1.29, 1.82) is 0 Å². The Morgan fingerprint density at radius 1 is 1.53 bits per heavy atom. The fourth-order valence-electron chi connectivity index (χ4n) is 1.58. The molecule has 98 valence electrons. The number of thiocarbonyl (C=S) groups is 1. The number of benzene rings is 1. The minimum absolute atomic E-state index is 0.110. The molecule has 1 heterocycles. The molecule has 1 amide bonds. The summed E-state index contributed by atoms with van der Waals surface area (Å²) >= 11 is 8.20. The van der Waals surface area contributed by atoms with Gasteiger partial charge in [-0.3, -0.25) is 4.79 Å². The van der Waals surface area contributed by atoms with Gasteiger partial charge in [0.15, 0.2) is 5.82 Å². The molecule has 0 bridgehead atoms. The van der Waals surface area contributed by atoms with Crippen LogP contribution in [0, 0.1) is 0 Å². The summed E-state index contributed by atoms with van der Waals surface area (Å²) in [5.41, 5.74) is 6.24. The highest BCUT2D eigenvalue weighted by molar-refractivity contribution is 9.10. The van der Waals surface area contributed by atoms with Gasteiger partial charge in [0.05, 0.1) is 0 Å². The number of nitrogens with two attached hydrogens (primary N) is 1. The molecule has 3 N–H and O–H groups in total. The van der Waals surface area contributed by atoms with Gasteiger partial charge < -0.3 is 15.6 Å². The maximum atomic E-state index is 11.9. The number of anilines is 1. The number of hydrogen-bond acceptors (Lipinski definition) is 3. The van der Waals surface area contributed by atoms with Crippen LogP contribution >= 0.6 is 28.1 Å². The topological polar surface area (TPSA) is 72.9 Å². The predicted molar refractivity (Wildman–Crippen MR) is 80.9 cm³/mol. The van der Waals surface area contributed by atoms with E-state index in [-0.39, 0.29) is 17.4 Å². The summed E-state index contributed by atoms with van der Waals surface area (Å²) in [6, 6.07) is 7.36. The molecule has 7 heteroatoms. The van der Waals surface area contributed by atoms with Crippen molar-refractivity contribution in [1.82, 2.24) is 9.55 Å². The van der Waals surface area contributed by atoms with E-state index in [4.69, 9.17) is 18.0 Å². The first-order valence-electron chi connectivity index (χ1n) is 5.42. The van der Waals surface area contributed by atoms with Gasteiger partial charge in [-0.1, -0.05) is 34.2 Å². The fourth-order valence-corrected chi connectivity index (χ4v) is 2.15. The van der Waals surface area contributed by atoms with Gasteiger partial charge in [-0.2, -0.15) is 0 Å². The predicted octanol–water partition coefficient (Wildman–Crippen LogP) is 1.92. The minimum Gasteiger partial charge on any atom is -0.387 e. The van der Waals surface area contributed by atoms with E-state index in [1.54, 1.807) is 17.0 Å². The summed E-state index contributed by atoms with van der Waals surface area (Å²) < 4.78 is 2.51. The van der Waals surface area contributed by atoms with Crippen molar-refractivity contribution in [3.05, 3.63) is 47.0 Å². The summed E-state index contributed by atoms with van der Waals surface area (Å²) in [5.74, 6) is 0.257. The van der Waals surface area contributed by atoms with Crippen molar-refractivity contribution in [2.75, 3.05) is 5.32 Å². The lowest BCUT2D eigenvalue weighted by molar-refractivity contribution is -0.116. The van der Waals surface area contributed by atoms with Gasteiger partial charge in [0.2, 0.25) is 5.91 Å². The average molecular weight is 339 g/mol. The SMILES string of the molecule is NC(=S)c1nccn1CC(=O)Nc1cccc(Br)c1. The molecule has 2 aromatic rings. The van der Waals surface area contributed by atoms with Crippen LogP contribution in [0.4, 0.5) is 5.69 Å². The average Bonchev–Trinajstić information content (AvgIpc) is 2.76. The Balaban J connectivity index is 2.05. The smallest absolute Gasteiger partial charge is 0.244 e. The molecule has 0 aliphatic heterocycles. The third-order valence-electron chi connectivity index (χ3n) is 2.36. The number of carbonyl (C=O) groups excluding carboxylic acids is 1. The first-order valence-corrected chi connectivity index (χ1v) is 6.63. The summed E-state index contributed by atoms with van der Waals surface area (Å²) in [5, 5.41) is 2.79. The summed E-state index contributed by atoms with van der Waals surface area (Å²) in [6.45, 7) is 0.110. The molecule has 0 fully saturated rings. The monoisotopic (exact) mass is 338 g/mol. The lowest BCUT2D eigenvalue weighted by Gasteiger charge is -2.08. The summed E-state index contributed by atoms with van der Waals surface area (Å²) in [6.07, 6.45) is 3.22. The van der Waals surface area contributed by atoms with E-state index in [1.165, 1.54) is 0 Å². The minimum atomic E-state index is -0.173. The molecular formula is C12H11BrN4OS. The van der Waals surface area contributed by atoms with Gasteiger partial charge in [0.1, 0.15) is 11.5 Å². The maximum Gasteiger partial charge on any atom is 0.244 e. The Morgan fingerprint density at radius 2 is 2.32 bits per heavy atom. The Hall–Kier alpha value is -1.73. The first kappa shape index (κ1) is 13.7. The maximum absolute atomic E-state index is 11.9. The lowest BCUT2D eigenvalue weighted by atomic mass is 10.3. The number of hydrogen-bond donors (Lipinski definition) is 2. The van der Waals surface area contributed by atoms with Crippen LogP contribution in [0.5, 0.6) is 0 Å². The molecule has 5 nitrogen and oxygen atoms in total. The number of nitrogens with one attached hydrogen (secondary N) is 1. The van der Waals surface area contributed by atoms with Crippen LogP contribution in [0.2, 0.25) is 0 Å². The van der Waals surface area contributed by atoms with Gasteiger partial charge >= 0.3 is 0 Å². The molecule has 0 radical (unpaired) electrons. The van der Waals surface area contributed by atoms with Crippen LogP contribution in [-0.2, 0) is 11.3 Å². The molecule has 0 unspecified atom stereocenters. The van der Waals surface area contributed by atoms with Gasteiger partial charge in [-0.25, -0.2) is 4.98 Å². The van der Waals surface area contributed by atoms with E-state index < -0.39 is 0 Å². The molecule has 0 aliphatic carbocycles.